The maximum atomic E-state index is 14.1. The van der Waals surface area contributed by atoms with E-state index in [9.17, 15) is 4.57 Å². The predicted molar refractivity (Wildman–Crippen MR) is 146 cm³/mol. The average Bonchev–Trinajstić information content (AvgIpc) is 3.46. The Labute approximate surface area is 217 Å². The molecule has 0 saturated carbocycles. The molecule has 0 aromatic heterocycles. The van der Waals surface area contributed by atoms with Gasteiger partial charge in [0, 0.05) is 78.2 Å². The molecular weight excluding hydrogens is 469 g/mol. The van der Waals surface area contributed by atoms with E-state index in [1.165, 1.54) is 24.2 Å². The Morgan fingerprint density at radius 3 is 1.72 bits per heavy atom. The monoisotopic (exact) mass is 511 g/mol. The summed E-state index contributed by atoms with van der Waals surface area (Å²) >= 11 is 0. The maximum absolute atomic E-state index is 14.1. The second kappa shape index (κ2) is 12.3. The molecule has 2 aromatic carbocycles. The Morgan fingerprint density at radius 2 is 1.25 bits per heavy atom. The lowest BCUT2D eigenvalue weighted by Crippen LogP contribution is -2.52. The summed E-state index contributed by atoms with van der Waals surface area (Å²) < 4.78 is 20.2. The van der Waals surface area contributed by atoms with Gasteiger partial charge in [0.05, 0.1) is 12.9 Å². The highest BCUT2D eigenvalue weighted by Gasteiger charge is 2.42. The summed E-state index contributed by atoms with van der Waals surface area (Å²) in [5, 5.41) is 0. The lowest BCUT2D eigenvalue weighted by molar-refractivity contribution is 0.0217. The van der Waals surface area contributed by atoms with Crippen LogP contribution >= 0.6 is 7.37 Å². The van der Waals surface area contributed by atoms with E-state index in [2.05, 4.69) is 85.2 Å². The largest absolute Gasteiger partial charge is 0.328 e. The van der Waals surface area contributed by atoms with Crippen LogP contribution in [0.25, 0.3) is 0 Å². The van der Waals surface area contributed by atoms with Crippen LogP contribution in [0.1, 0.15) is 18.1 Å². The fraction of sp³-hybridized carbons (Fsp3) is 0.571. The van der Waals surface area contributed by atoms with E-state index in [-0.39, 0.29) is 0 Å². The predicted octanol–water partition coefficient (Wildman–Crippen LogP) is 3.49. The fourth-order valence-corrected chi connectivity index (χ4v) is 8.24. The minimum Gasteiger partial charge on any atom is -0.328 e. The van der Waals surface area contributed by atoms with E-state index in [0.29, 0.717) is 25.3 Å². The third-order valence-electron chi connectivity index (χ3n) is 7.77. The normalized spacial score (nSPS) is 21.9. The van der Waals surface area contributed by atoms with Crippen LogP contribution in [0.4, 0.5) is 0 Å². The van der Waals surface area contributed by atoms with Gasteiger partial charge >= 0.3 is 0 Å². The van der Waals surface area contributed by atoms with Gasteiger partial charge in [-0.3, -0.25) is 29.1 Å². The molecule has 1 unspecified atom stereocenters. The van der Waals surface area contributed by atoms with Gasteiger partial charge < -0.3 is 4.52 Å². The summed E-state index contributed by atoms with van der Waals surface area (Å²) in [5.41, 5.74) is 2.56. The SMILES string of the molecule is CCOP(=O)(CCN(Cc1ccccc1)Cc1ccccc1)CN1CCN2CCN3CCN(CC1)C23. The van der Waals surface area contributed by atoms with Gasteiger partial charge in [-0.05, 0) is 18.1 Å². The molecule has 1 atom stereocenters. The second-order valence-corrected chi connectivity index (χ2v) is 13.0. The van der Waals surface area contributed by atoms with Crippen molar-refractivity contribution in [2.45, 2.75) is 26.3 Å². The third-order valence-corrected chi connectivity index (χ3v) is 10.2. The van der Waals surface area contributed by atoms with Crippen LogP contribution in [0.2, 0.25) is 0 Å². The van der Waals surface area contributed by atoms with Crippen molar-refractivity contribution in [3.63, 3.8) is 0 Å². The molecule has 0 aliphatic carbocycles. The number of benzene rings is 2. The van der Waals surface area contributed by atoms with Gasteiger partial charge in [0.2, 0.25) is 7.37 Å². The van der Waals surface area contributed by atoms with Crippen LogP contribution in [-0.4, -0.2) is 109 Å². The van der Waals surface area contributed by atoms with Gasteiger partial charge in [-0.2, -0.15) is 0 Å². The van der Waals surface area contributed by atoms with Gasteiger partial charge in [-0.15, -0.1) is 0 Å². The van der Waals surface area contributed by atoms with Gasteiger partial charge in [-0.25, -0.2) is 0 Å². The van der Waals surface area contributed by atoms with Gasteiger partial charge in [0.15, 0.2) is 0 Å². The molecule has 0 bridgehead atoms. The van der Waals surface area contributed by atoms with Crippen LogP contribution in [-0.2, 0) is 22.2 Å². The molecule has 3 saturated heterocycles. The first-order chi connectivity index (χ1) is 17.6. The quantitative estimate of drug-likeness (QED) is 0.428. The Bertz CT molecular complexity index is 932. The van der Waals surface area contributed by atoms with Crippen molar-refractivity contribution in [2.24, 2.45) is 0 Å². The smallest absolute Gasteiger partial charge is 0.217 e. The molecule has 3 aliphatic heterocycles. The van der Waals surface area contributed by atoms with Gasteiger partial charge in [0.1, 0.15) is 6.29 Å². The molecule has 0 amide bonds. The highest BCUT2D eigenvalue weighted by atomic mass is 31.2. The number of rotatable bonds is 11. The Hall–Kier alpha value is -1.57. The molecule has 7 nitrogen and oxygen atoms in total. The van der Waals surface area contributed by atoms with Gasteiger partial charge in [-0.1, -0.05) is 60.7 Å². The molecule has 36 heavy (non-hydrogen) atoms. The highest BCUT2D eigenvalue weighted by Crippen LogP contribution is 2.47. The van der Waals surface area contributed by atoms with E-state index < -0.39 is 7.37 Å². The molecule has 5 rings (SSSR count). The summed E-state index contributed by atoms with van der Waals surface area (Å²) in [7, 11) is -2.79. The molecular formula is C28H42N5O2P. The lowest BCUT2D eigenvalue weighted by atomic mass is 10.1. The Morgan fingerprint density at radius 1 is 0.778 bits per heavy atom. The standard InChI is InChI=1S/C28H42N5O2P/c1-2-35-36(34,25-29-13-15-31-17-19-33-20-18-32(16-14-29)28(31)33)22-21-30(23-26-9-5-3-6-10-26)24-27-11-7-4-8-12-27/h3-12,28H,2,13-25H2,1H3. The second-order valence-electron chi connectivity index (χ2n) is 10.4. The van der Waals surface area contributed by atoms with Crippen molar-refractivity contribution < 1.29 is 9.09 Å². The van der Waals surface area contributed by atoms with E-state index in [4.69, 9.17) is 4.52 Å². The zero-order valence-electron chi connectivity index (χ0n) is 21.8. The lowest BCUT2D eigenvalue weighted by Gasteiger charge is -2.38. The molecule has 2 aromatic rings. The zero-order valence-corrected chi connectivity index (χ0v) is 22.6. The van der Waals surface area contributed by atoms with Crippen molar-refractivity contribution in [2.75, 3.05) is 78.0 Å². The maximum Gasteiger partial charge on any atom is 0.217 e. The minimum atomic E-state index is -2.79. The molecule has 0 radical (unpaired) electrons. The van der Waals surface area contributed by atoms with Gasteiger partial charge in [0.25, 0.3) is 0 Å². The third kappa shape index (κ3) is 6.65. The van der Waals surface area contributed by atoms with E-state index in [1.807, 2.05) is 6.92 Å². The van der Waals surface area contributed by atoms with Crippen LogP contribution in [0.3, 0.4) is 0 Å². The van der Waals surface area contributed by atoms with Crippen LogP contribution in [0.15, 0.2) is 60.7 Å². The van der Waals surface area contributed by atoms with Crippen LogP contribution in [0, 0.1) is 0 Å². The fourth-order valence-electron chi connectivity index (χ4n) is 5.93. The number of hydrogen-bond donors (Lipinski definition) is 0. The Kier molecular flexibility index (Phi) is 8.91. The van der Waals surface area contributed by atoms with Crippen LogP contribution < -0.4 is 0 Å². The summed E-state index contributed by atoms with van der Waals surface area (Å²) in [6.07, 6.45) is 1.64. The summed E-state index contributed by atoms with van der Waals surface area (Å²) in [6.45, 7) is 13.6. The zero-order chi connectivity index (χ0) is 24.8. The Balaban J connectivity index is 1.23. The van der Waals surface area contributed by atoms with Crippen molar-refractivity contribution in [1.29, 1.82) is 0 Å². The summed E-state index contributed by atoms with van der Waals surface area (Å²) in [6, 6.07) is 21.2. The molecule has 0 spiro atoms. The van der Waals surface area contributed by atoms with Crippen molar-refractivity contribution in [1.82, 2.24) is 24.5 Å². The van der Waals surface area contributed by atoms with E-state index in [1.54, 1.807) is 0 Å². The number of nitrogens with zero attached hydrogens (tertiary/aromatic N) is 5. The van der Waals surface area contributed by atoms with Crippen molar-refractivity contribution >= 4 is 7.37 Å². The van der Waals surface area contributed by atoms with E-state index in [0.717, 1.165) is 58.9 Å². The first kappa shape index (κ1) is 26.1. The number of hydrogen-bond acceptors (Lipinski definition) is 7. The minimum absolute atomic E-state index is 0.496. The topological polar surface area (TPSA) is 42.5 Å². The first-order valence-electron chi connectivity index (χ1n) is 13.6. The molecule has 3 fully saturated rings. The summed E-state index contributed by atoms with van der Waals surface area (Å²) in [5.74, 6) is 0. The van der Waals surface area contributed by atoms with Crippen molar-refractivity contribution in [3.8, 4) is 0 Å². The molecule has 0 N–H and O–H groups in total. The molecule has 8 heteroatoms. The molecule has 196 valence electrons. The molecule has 3 heterocycles. The molecule has 3 aliphatic rings. The summed E-state index contributed by atoms with van der Waals surface area (Å²) in [4.78, 5) is 12.6. The van der Waals surface area contributed by atoms with Crippen LogP contribution in [0.5, 0.6) is 0 Å². The average molecular weight is 512 g/mol. The van der Waals surface area contributed by atoms with E-state index >= 15 is 0 Å². The highest BCUT2D eigenvalue weighted by molar-refractivity contribution is 7.58. The first-order valence-corrected chi connectivity index (χ1v) is 15.6. The van der Waals surface area contributed by atoms with Crippen molar-refractivity contribution in [3.05, 3.63) is 71.8 Å².